The molecule has 0 atom stereocenters. The number of aliphatic hydroxyl groups excluding tert-OH is 1. The van der Waals surface area contributed by atoms with Crippen LogP contribution < -0.4 is 5.32 Å². The highest BCUT2D eigenvalue weighted by molar-refractivity contribution is 5.22. The highest BCUT2D eigenvalue weighted by atomic mass is 16.3. The molecule has 0 bridgehead atoms. The second kappa shape index (κ2) is 6.38. The van der Waals surface area contributed by atoms with Crippen molar-refractivity contribution in [1.29, 1.82) is 0 Å². The van der Waals surface area contributed by atoms with E-state index in [0.717, 1.165) is 25.2 Å². The Hall–Kier alpha value is -1.58. The number of aromatic nitrogens is 1. The number of hydrogen-bond donors (Lipinski definition) is 2. The lowest BCUT2D eigenvalue weighted by molar-refractivity contribution is 0.281. The van der Waals surface area contributed by atoms with Crippen LogP contribution in [0.4, 0.5) is 0 Å². The third-order valence-electron chi connectivity index (χ3n) is 3.01. The molecule has 0 spiro atoms. The highest BCUT2D eigenvalue weighted by Crippen LogP contribution is 2.06. The number of aliphatic hydroxyl groups is 1. The normalized spacial score (nSPS) is 10.8. The lowest BCUT2D eigenvalue weighted by Crippen LogP contribution is -2.12. The highest BCUT2D eigenvalue weighted by Gasteiger charge is 1.97. The number of nitrogens with zero attached hydrogens (tertiary/aromatic N) is 1. The van der Waals surface area contributed by atoms with Gasteiger partial charge in [-0.05, 0) is 29.7 Å². The van der Waals surface area contributed by atoms with E-state index in [1.807, 2.05) is 18.2 Å². The Kier molecular flexibility index (Phi) is 4.56. The van der Waals surface area contributed by atoms with Gasteiger partial charge < -0.3 is 15.0 Å². The number of hydrogen-bond acceptors (Lipinski definition) is 2. The van der Waals surface area contributed by atoms with Crippen molar-refractivity contribution in [2.24, 2.45) is 0 Å². The number of benzene rings is 1. The van der Waals surface area contributed by atoms with E-state index in [4.69, 9.17) is 5.11 Å². The van der Waals surface area contributed by atoms with Gasteiger partial charge in [-0.25, -0.2) is 0 Å². The molecule has 0 unspecified atom stereocenters. The van der Waals surface area contributed by atoms with Crippen molar-refractivity contribution < 1.29 is 5.11 Å². The first kappa shape index (κ1) is 12.9. The second-order valence-corrected chi connectivity index (χ2v) is 4.43. The molecule has 0 saturated heterocycles. The smallest absolute Gasteiger partial charge is 0.0681 e. The van der Waals surface area contributed by atoms with Crippen molar-refractivity contribution in [2.75, 3.05) is 0 Å². The van der Waals surface area contributed by atoms with Gasteiger partial charge in [-0.1, -0.05) is 24.3 Å². The molecular weight excluding hydrogens is 224 g/mol. The van der Waals surface area contributed by atoms with E-state index in [0.29, 0.717) is 0 Å². The molecule has 0 radical (unpaired) electrons. The molecule has 1 heterocycles. The summed E-state index contributed by atoms with van der Waals surface area (Å²) >= 11 is 0. The van der Waals surface area contributed by atoms with Crippen molar-refractivity contribution in [1.82, 2.24) is 9.88 Å². The Bertz CT molecular complexity index is 491. The van der Waals surface area contributed by atoms with Gasteiger partial charge in [0, 0.05) is 32.0 Å². The van der Waals surface area contributed by atoms with Crippen molar-refractivity contribution >= 4 is 0 Å². The van der Waals surface area contributed by atoms with E-state index >= 15 is 0 Å². The Labute approximate surface area is 108 Å². The molecular formula is C15H20N2O. The van der Waals surface area contributed by atoms with Gasteiger partial charge >= 0.3 is 0 Å². The van der Waals surface area contributed by atoms with Crippen molar-refractivity contribution in [2.45, 2.75) is 33.2 Å². The molecule has 0 aliphatic rings. The van der Waals surface area contributed by atoms with Gasteiger partial charge in [0.15, 0.2) is 0 Å². The molecule has 1 aromatic carbocycles. The lowest BCUT2D eigenvalue weighted by Gasteiger charge is -2.05. The molecule has 0 aliphatic heterocycles. The van der Waals surface area contributed by atoms with Crippen LogP contribution in [0.15, 0.2) is 42.7 Å². The Morgan fingerprint density at radius 1 is 1.11 bits per heavy atom. The van der Waals surface area contributed by atoms with E-state index in [9.17, 15) is 0 Å². The zero-order chi connectivity index (χ0) is 12.8. The van der Waals surface area contributed by atoms with E-state index in [1.165, 1.54) is 11.1 Å². The summed E-state index contributed by atoms with van der Waals surface area (Å²) in [5, 5.41) is 12.5. The van der Waals surface area contributed by atoms with Crippen LogP contribution in [0.25, 0.3) is 0 Å². The van der Waals surface area contributed by atoms with Gasteiger partial charge in [0.05, 0.1) is 6.61 Å². The van der Waals surface area contributed by atoms with Gasteiger partial charge in [-0.2, -0.15) is 0 Å². The Morgan fingerprint density at radius 2 is 1.89 bits per heavy atom. The summed E-state index contributed by atoms with van der Waals surface area (Å²) in [5.41, 5.74) is 3.47. The molecule has 0 fully saturated rings. The molecule has 0 amide bonds. The Morgan fingerprint density at radius 3 is 2.61 bits per heavy atom. The van der Waals surface area contributed by atoms with Crippen LogP contribution in [0, 0.1) is 0 Å². The fraction of sp³-hybridized carbons (Fsp3) is 0.333. The molecule has 2 rings (SSSR count). The van der Waals surface area contributed by atoms with E-state index in [-0.39, 0.29) is 6.61 Å². The maximum atomic E-state index is 9.07. The molecule has 0 saturated carbocycles. The Balaban J connectivity index is 1.84. The topological polar surface area (TPSA) is 37.2 Å². The van der Waals surface area contributed by atoms with Crippen LogP contribution in [0.5, 0.6) is 0 Å². The summed E-state index contributed by atoms with van der Waals surface area (Å²) in [6, 6.07) is 10.2. The van der Waals surface area contributed by atoms with Gasteiger partial charge in [-0.3, -0.25) is 0 Å². The van der Waals surface area contributed by atoms with E-state index in [1.54, 1.807) is 0 Å². The standard InChI is InChI=1S/C15H20N2O/c1-2-17-7-6-15(11-17)10-16-9-13-4-3-5-14(8-13)12-18/h3-8,11,16,18H,2,9-10,12H2,1H3. The first-order chi connectivity index (χ1) is 8.81. The minimum atomic E-state index is 0.104. The predicted molar refractivity (Wildman–Crippen MR) is 73.0 cm³/mol. The van der Waals surface area contributed by atoms with Crippen LogP contribution in [-0.2, 0) is 26.2 Å². The summed E-state index contributed by atoms with van der Waals surface area (Å²) in [5.74, 6) is 0. The summed E-state index contributed by atoms with van der Waals surface area (Å²) in [6.45, 7) is 4.95. The van der Waals surface area contributed by atoms with Crippen molar-refractivity contribution in [3.05, 3.63) is 59.4 Å². The molecule has 96 valence electrons. The van der Waals surface area contributed by atoms with Crippen molar-refractivity contribution in [3.63, 3.8) is 0 Å². The van der Waals surface area contributed by atoms with Gasteiger partial charge in [-0.15, -0.1) is 0 Å². The number of nitrogens with one attached hydrogen (secondary N) is 1. The van der Waals surface area contributed by atoms with E-state index < -0.39 is 0 Å². The summed E-state index contributed by atoms with van der Waals surface area (Å²) in [7, 11) is 0. The molecule has 0 aliphatic carbocycles. The zero-order valence-corrected chi connectivity index (χ0v) is 10.8. The third kappa shape index (κ3) is 3.45. The second-order valence-electron chi connectivity index (χ2n) is 4.43. The van der Waals surface area contributed by atoms with Crippen LogP contribution in [0.3, 0.4) is 0 Å². The van der Waals surface area contributed by atoms with Gasteiger partial charge in [0.25, 0.3) is 0 Å². The maximum absolute atomic E-state index is 9.07. The quantitative estimate of drug-likeness (QED) is 0.818. The van der Waals surface area contributed by atoms with Crippen LogP contribution in [0.1, 0.15) is 23.6 Å². The van der Waals surface area contributed by atoms with Gasteiger partial charge in [0.1, 0.15) is 0 Å². The predicted octanol–water partition coefficient (Wildman–Crippen LogP) is 2.29. The molecule has 3 heteroatoms. The summed E-state index contributed by atoms with van der Waals surface area (Å²) < 4.78 is 2.17. The molecule has 2 aromatic rings. The third-order valence-corrected chi connectivity index (χ3v) is 3.01. The molecule has 2 N–H and O–H groups in total. The van der Waals surface area contributed by atoms with Crippen LogP contribution in [-0.4, -0.2) is 9.67 Å². The fourth-order valence-corrected chi connectivity index (χ4v) is 1.98. The summed E-state index contributed by atoms with van der Waals surface area (Å²) in [4.78, 5) is 0. The molecule has 18 heavy (non-hydrogen) atoms. The number of rotatable bonds is 6. The van der Waals surface area contributed by atoms with Crippen LogP contribution >= 0.6 is 0 Å². The number of aryl methyl sites for hydroxylation is 1. The monoisotopic (exact) mass is 244 g/mol. The maximum Gasteiger partial charge on any atom is 0.0681 e. The van der Waals surface area contributed by atoms with Crippen LogP contribution in [0.2, 0.25) is 0 Å². The average Bonchev–Trinajstić information content (AvgIpc) is 2.87. The lowest BCUT2D eigenvalue weighted by atomic mass is 10.1. The first-order valence-corrected chi connectivity index (χ1v) is 6.36. The fourth-order valence-electron chi connectivity index (χ4n) is 1.98. The largest absolute Gasteiger partial charge is 0.392 e. The SMILES string of the molecule is CCn1ccc(CNCc2cccc(CO)c2)c1. The minimum absolute atomic E-state index is 0.104. The zero-order valence-electron chi connectivity index (χ0n) is 10.8. The minimum Gasteiger partial charge on any atom is -0.392 e. The van der Waals surface area contributed by atoms with E-state index in [2.05, 4.69) is 41.3 Å². The first-order valence-electron chi connectivity index (χ1n) is 6.36. The average molecular weight is 244 g/mol. The van der Waals surface area contributed by atoms with Crippen molar-refractivity contribution in [3.8, 4) is 0 Å². The molecule has 3 nitrogen and oxygen atoms in total. The summed E-state index contributed by atoms with van der Waals surface area (Å²) in [6.07, 6.45) is 4.26. The van der Waals surface area contributed by atoms with Gasteiger partial charge in [0.2, 0.25) is 0 Å². The molecule has 1 aromatic heterocycles.